The van der Waals surface area contributed by atoms with Crippen LogP contribution in [0, 0.1) is 0 Å². The van der Waals surface area contributed by atoms with Gasteiger partial charge in [0.1, 0.15) is 0 Å². The first-order chi connectivity index (χ1) is 10.8. The summed E-state index contributed by atoms with van der Waals surface area (Å²) in [5.41, 5.74) is 5.05. The van der Waals surface area contributed by atoms with E-state index in [1.165, 1.54) is 26.7 Å². The Bertz CT molecular complexity index is 758. The van der Waals surface area contributed by atoms with Gasteiger partial charge in [0.15, 0.2) is 0 Å². The van der Waals surface area contributed by atoms with Crippen molar-refractivity contribution in [3.63, 3.8) is 0 Å². The molecule has 0 unspecified atom stereocenters. The average molecular weight is 349 g/mol. The SMILES string of the molecule is Brc1c(C=Cc2ccccc2)cccc1Cc1ccccc1. The summed E-state index contributed by atoms with van der Waals surface area (Å²) in [4.78, 5) is 0. The van der Waals surface area contributed by atoms with Crippen LogP contribution in [0.25, 0.3) is 12.2 Å². The van der Waals surface area contributed by atoms with Crippen molar-refractivity contribution >= 4 is 28.1 Å². The highest BCUT2D eigenvalue weighted by atomic mass is 79.9. The Labute approximate surface area is 140 Å². The molecule has 0 saturated heterocycles. The molecule has 0 aliphatic rings. The van der Waals surface area contributed by atoms with Crippen LogP contribution in [0.2, 0.25) is 0 Å². The molecule has 0 fully saturated rings. The first kappa shape index (κ1) is 14.8. The van der Waals surface area contributed by atoms with E-state index in [-0.39, 0.29) is 0 Å². The summed E-state index contributed by atoms with van der Waals surface area (Å²) in [5.74, 6) is 0. The minimum atomic E-state index is 0.939. The molecule has 0 spiro atoms. The quantitative estimate of drug-likeness (QED) is 0.491. The zero-order valence-corrected chi connectivity index (χ0v) is 13.8. The molecule has 3 aromatic rings. The van der Waals surface area contributed by atoms with Gasteiger partial charge in [-0.15, -0.1) is 0 Å². The van der Waals surface area contributed by atoms with Crippen molar-refractivity contribution < 1.29 is 0 Å². The van der Waals surface area contributed by atoms with Gasteiger partial charge in [0.2, 0.25) is 0 Å². The van der Waals surface area contributed by atoms with Gasteiger partial charge in [-0.05, 0) is 44.6 Å². The van der Waals surface area contributed by atoms with Crippen molar-refractivity contribution in [3.05, 3.63) is 106 Å². The van der Waals surface area contributed by atoms with Crippen LogP contribution in [0.4, 0.5) is 0 Å². The Morgan fingerprint density at radius 3 is 2.09 bits per heavy atom. The summed E-state index contributed by atoms with van der Waals surface area (Å²) < 4.78 is 1.17. The second kappa shape index (κ2) is 7.24. The van der Waals surface area contributed by atoms with E-state index in [2.05, 4.69) is 101 Å². The molecule has 0 bridgehead atoms. The summed E-state index contributed by atoms with van der Waals surface area (Å²) in [5, 5.41) is 0. The third-order valence-electron chi connectivity index (χ3n) is 3.60. The largest absolute Gasteiger partial charge is 0.0622 e. The lowest BCUT2D eigenvalue weighted by atomic mass is 10.0. The fourth-order valence-corrected chi connectivity index (χ4v) is 2.97. The molecule has 0 aliphatic heterocycles. The average Bonchev–Trinajstić information content (AvgIpc) is 2.58. The predicted octanol–water partition coefficient (Wildman–Crippen LogP) is 6.21. The zero-order valence-electron chi connectivity index (χ0n) is 12.2. The Hall–Kier alpha value is -2.12. The van der Waals surface area contributed by atoms with E-state index in [0.717, 1.165) is 6.42 Å². The van der Waals surface area contributed by atoms with Gasteiger partial charge in [-0.1, -0.05) is 91.0 Å². The molecule has 0 aromatic heterocycles. The highest BCUT2D eigenvalue weighted by Crippen LogP contribution is 2.26. The third kappa shape index (κ3) is 3.75. The Morgan fingerprint density at radius 2 is 1.36 bits per heavy atom. The molecule has 0 amide bonds. The zero-order chi connectivity index (χ0) is 15.2. The second-order valence-electron chi connectivity index (χ2n) is 5.23. The molecule has 1 heteroatoms. The summed E-state index contributed by atoms with van der Waals surface area (Å²) in [6, 6.07) is 27.4. The molecule has 22 heavy (non-hydrogen) atoms. The van der Waals surface area contributed by atoms with Crippen molar-refractivity contribution in [2.75, 3.05) is 0 Å². The Morgan fingerprint density at radius 1 is 0.682 bits per heavy atom. The molecule has 0 nitrogen and oxygen atoms in total. The summed E-state index contributed by atoms with van der Waals surface area (Å²) in [7, 11) is 0. The molecule has 0 N–H and O–H groups in total. The number of hydrogen-bond acceptors (Lipinski definition) is 0. The molecule has 0 heterocycles. The molecule has 0 aliphatic carbocycles. The smallest absolute Gasteiger partial charge is 0.0283 e. The summed E-state index contributed by atoms with van der Waals surface area (Å²) in [6.07, 6.45) is 5.24. The Balaban J connectivity index is 1.84. The molecule has 0 radical (unpaired) electrons. The maximum atomic E-state index is 3.76. The standard InChI is InChI=1S/C21H17Br/c22-21-19(15-14-17-8-3-1-4-9-17)12-7-13-20(21)16-18-10-5-2-6-11-18/h1-15H,16H2. The minimum Gasteiger partial charge on any atom is -0.0622 e. The molecule has 0 saturated carbocycles. The van der Waals surface area contributed by atoms with Crippen LogP contribution in [-0.2, 0) is 6.42 Å². The Kier molecular flexibility index (Phi) is 4.87. The van der Waals surface area contributed by atoms with E-state index in [4.69, 9.17) is 0 Å². The van der Waals surface area contributed by atoms with Crippen LogP contribution >= 0.6 is 15.9 Å². The maximum absolute atomic E-state index is 3.76. The van der Waals surface area contributed by atoms with Gasteiger partial charge in [0.05, 0.1) is 0 Å². The molecular weight excluding hydrogens is 332 g/mol. The van der Waals surface area contributed by atoms with E-state index < -0.39 is 0 Å². The van der Waals surface area contributed by atoms with E-state index >= 15 is 0 Å². The highest BCUT2D eigenvalue weighted by molar-refractivity contribution is 9.10. The fourth-order valence-electron chi connectivity index (χ4n) is 2.43. The van der Waals surface area contributed by atoms with Crippen molar-refractivity contribution in [2.24, 2.45) is 0 Å². The lowest BCUT2D eigenvalue weighted by molar-refractivity contribution is 1.18. The van der Waals surface area contributed by atoms with E-state index in [1.54, 1.807) is 0 Å². The van der Waals surface area contributed by atoms with Gasteiger partial charge in [-0.25, -0.2) is 0 Å². The van der Waals surface area contributed by atoms with E-state index in [0.29, 0.717) is 0 Å². The third-order valence-corrected chi connectivity index (χ3v) is 4.57. The maximum Gasteiger partial charge on any atom is 0.0283 e. The highest BCUT2D eigenvalue weighted by Gasteiger charge is 2.04. The predicted molar refractivity (Wildman–Crippen MR) is 98.8 cm³/mol. The monoisotopic (exact) mass is 348 g/mol. The van der Waals surface area contributed by atoms with Crippen LogP contribution in [0.1, 0.15) is 22.3 Å². The molecular formula is C21H17Br. The first-order valence-electron chi connectivity index (χ1n) is 7.37. The van der Waals surface area contributed by atoms with Crippen LogP contribution in [-0.4, -0.2) is 0 Å². The van der Waals surface area contributed by atoms with Gasteiger partial charge < -0.3 is 0 Å². The minimum absolute atomic E-state index is 0.939. The van der Waals surface area contributed by atoms with Gasteiger partial charge >= 0.3 is 0 Å². The molecule has 108 valence electrons. The number of hydrogen-bond donors (Lipinski definition) is 0. The van der Waals surface area contributed by atoms with Crippen LogP contribution in [0.3, 0.4) is 0 Å². The van der Waals surface area contributed by atoms with E-state index in [9.17, 15) is 0 Å². The number of benzene rings is 3. The van der Waals surface area contributed by atoms with Crippen molar-refractivity contribution in [1.29, 1.82) is 0 Å². The lowest BCUT2D eigenvalue weighted by Crippen LogP contribution is -1.91. The topological polar surface area (TPSA) is 0 Å². The van der Waals surface area contributed by atoms with Gasteiger partial charge in [0.25, 0.3) is 0 Å². The first-order valence-corrected chi connectivity index (χ1v) is 8.17. The van der Waals surface area contributed by atoms with Crippen molar-refractivity contribution in [2.45, 2.75) is 6.42 Å². The van der Waals surface area contributed by atoms with Gasteiger partial charge in [-0.2, -0.15) is 0 Å². The van der Waals surface area contributed by atoms with Gasteiger partial charge in [0, 0.05) is 4.47 Å². The molecule has 3 aromatic carbocycles. The van der Waals surface area contributed by atoms with Crippen molar-refractivity contribution in [3.8, 4) is 0 Å². The lowest BCUT2D eigenvalue weighted by Gasteiger charge is -2.07. The van der Waals surface area contributed by atoms with Gasteiger partial charge in [-0.3, -0.25) is 0 Å². The summed E-state index contributed by atoms with van der Waals surface area (Å²) in [6.45, 7) is 0. The normalized spacial score (nSPS) is 11.0. The van der Waals surface area contributed by atoms with Crippen molar-refractivity contribution in [1.82, 2.24) is 0 Å². The summed E-state index contributed by atoms with van der Waals surface area (Å²) >= 11 is 3.76. The van der Waals surface area contributed by atoms with E-state index in [1.807, 2.05) is 6.07 Å². The van der Waals surface area contributed by atoms with Crippen LogP contribution in [0.15, 0.2) is 83.3 Å². The van der Waals surface area contributed by atoms with Crippen LogP contribution < -0.4 is 0 Å². The molecule has 0 atom stereocenters. The molecule has 3 rings (SSSR count). The fraction of sp³-hybridized carbons (Fsp3) is 0.0476. The number of rotatable bonds is 4. The number of halogens is 1. The second-order valence-corrected chi connectivity index (χ2v) is 6.02. The van der Waals surface area contributed by atoms with Crippen LogP contribution in [0.5, 0.6) is 0 Å².